The molecular weight excluding hydrogens is 150 g/mol. The highest BCUT2D eigenvalue weighted by atomic mass is 16.1. The van der Waals surface area contributed by atoms with Crippen molar-refractivity contribution in [3.8, 4) is 0 Å². The van der Waals surface area contributed by atoms with Crippen molar-refractivity contribution in [2.24, 2.45) is 5.92 Å². The van der Waals surface area contributed by atoms with E-state index in [2.05, 4.69) is 32.6 Å². The van der Waals surface area contributed by atoms with Gasteiger partial charge in [-0.25, -0.2) is 0 Å². The Morgan fingerprint density at radius 2 is 1.58 bits per heavy atom. The molecule has 1 atom stereocenters. The summed E-state index contributed by atoms with van der Waals surface area (Å²) in [4.78, 5) is 13.4. The first-order chi connectivity index (χ1) is 5.37. The number of Topliss-reactive ketones (excluding diaryl/α,β-unsaturated/α-hetero) is 1. The third-order valence-electron chi connectivity index (χ3n) is 2.30. The van der Waals surface area contributed by atoms with Gasteiger partial charge in [0.1, 0.15) is 5.78 Å². The second-order valence-corrected chi connectivity index (χ2v) is 4.06. The molecule has 0 saturated heterocycles. The molecule has 72 valence electrons. The summed E-state index contributed by atoms with van der Waals surface area (Å²) in [5.41, 5.74) is 0. The number of carbonyl (C=O) groups is 1. The minimum atomic E-state index is 0.0741. The van der Waals surface area contributed by atoms with E-state index in [0.29, 0.717) is 12.0 Å². The first-order valence-corrected chi connectivity index (χ1v) is 4.60. The second kappa shape index (κ2) is 4.61. The van der Waals surface area contributed by atoms with E-state index in [1.807, 2.05) is 7.05 Å². The van der Waals surface area contributed by atoms with Crippen LogP contribution >= 0.6 is 0 Å². The summed E-state index contributed by atoms with van der Waals surface area (Å²) in [6.07, 6.45) is 0. The molecular formula is C10H21NO. The first-order valence-electron chi connectivity index (χ1n) is 4.60. The van der Waals surface area contributed by atoms with Gasteiger partial charge in [-0.1, -0.05) is 13.8 Å². The van der Waals surface area contributed by atoms with Crippen molar-refractivity contribution in [2.75, 3.05) is 7.05 Å². The highest BCUT2D eigenvalue weighted by Crippen LogP contribution is 2.12. The van der Waals surface area contributed by atoms with E-state index in [-0.39, 0.29) is 11.8 Å². The van der Waals surface area contributed by atoms with Crippen LogP contribution in [-0.4, -0.2) is 29.8 Å². The van der Waals surface area contributed by atoms with Crippen LogP contribution in [0.15, 0.2) is 0 Å². The number of rotatable bonds is 4. The summed E-state index contributed by atoms with van der Waals surface area (Å²) in [6.45, 7) is 10.1. The number of hydrogen-bond acceptors (Lipinski definition) is 2. The Bertz CT molecular complexity index is 152. The Balaban J connectivity index is 4.40. The van der Waals surface area contributed by atoms with Crippen LogP contribution in [0.3, 0.4) is 0 Å². The van der Waals surface area contributed by atoms with Crippen molar-refractivity contribution in [1.29, 1.82) is 0 Å². The number of hydrogen-bond donors (Lipinski definition) is 0. The Labute approximate surface area is 75.9 Å². The average molecular weight is 171 g/mol. The molecule has 2 nitrogen and oxygen atoms in total. The number of nitrogens with zero attached hydrogens (tertiary/aromatic N) is 1. The van der Waals surface area contributed by atoms with E-state index < -0.39 is 0 Å². The summed E-state index contributed by atoms with van der Waals surface area (Å²) in [5, 5.41) is 0. The fourth-order valence-electron chi connectivity index (χ4n) is 1.55. The lowest BCUT2D eigenvalue weighted by Crippen LogP contribution is -2.44. The lowest BCUT2D eigenvalue weighted by atomic mass is 9.98. The maximum absolute atomic E-state index is 11.3. The molecule has 0 N–H and O–H groups in total. The Morgan fingerprint density at radius 1 is 1.17 bits per heavy atom. The molecule has 0 unspecified atom stereocenters. The van der Waals surface area contributed by atoms with E-state index in [1.54, 1.807) is 6.92 Å². The van der Waals surface area contributed by atoms with Crippen molar-refractivity contribution >= 4 is 5.78 Å². The molecule has 2 heteroatoms. The summed E-state index contributed by atoms with van der Waals surface area (Å²) in [6, 6.07) is 0.506. The van der Waals surface area contributed by atoms with Crippen molar-refractivity contribution in [1.82, 2.24) is 4.90 Å². The molecule has 0 radical (unpaired) electrons. The lowest BCUT2D eigenvalue weighted by Gasteiger charge is -2.32. The van der Waals surface area contributed by atoms with E-state index >= 15 is 0 Å². The van der Waals surface area contributed by atoms with E-state index in [4.69, 9.17) is 0 Å². The zero-order valence-electron chi connectivity index (χ0n) is 9.09. The zero-order chi connectivity index (χ0) is 9.89. The van der Waals surface area contributed by atoms with Gasteiger partial charge in [0.2, 0.25) is 0 Å². The summed E-state index contributed by atoms with van der Waals surface area (Å²) < 4.78 is 0. The highest BCUT2D eigenvalue weighted by molar-refractivity contribution is 5.81. The topological polar surface area (TPSA) is 20.3 Å². The summed E-state index contributed by atoms with van der Waals surface area (Å²) >= 11 is 0. The molecule has 0 saturated carbocycles. The molecule has 0 aliphatic heterocycles. The maximum Gasteiger partial charge on any atom is 0.147 e. The molecule has 0 aromatic carbocycles. The third kappa shape index (κ3) is 2.94. The van der Waals surface area contributed by atoms with Gasteiger partial charge in [0.25, 0.3) is 0 Å². The van der Waals surface area contributed by atoms with Crippen molar-refractivity contribution < 1.29 is 4.79 Å². The van der Waals surface area contributed by atoms with Gasteiger partial charge in [-0.2, -0.15) is 0 Å². The average Bonchev–Trinajstić information content (AvgIpc) is 1.85. The number of likely N-dealkylation sites (N-methyl/N-ethyl adjacent to an activating group) is 1. The largest absolute Gasteiger partial charge is 0.298 e. The number of ketones is 1. The molecule has 0 aromatic heterocycles. The van der Waals surface area contributed by atoms with Crippen LogP contribution in [0.4, 0.5) is 0 Å². The Hall–Kier alpha value is -0.370. The van der Waals surface area contributed by atoms with Gasteiger partial charge >= 0.3 is 0 Å². The zero-order valence-corrected chi connectivity index (χ0v) is 9.09. The fourth-order valence-corrected chi connectivity index (χ4v) is 1.55. The number of carbonyl (C=O) groups excluding carboxylic acids is 1. The molecule has 12 heavy (non-hydrogen) atoms. The van der Waals surface area contributed by atoms with E-state index in [9.17, 15) is 4.79 Å². The van der Waals surface area contributed by atoms with Gasteiger partial charge in [-0.05, 0) is 33.7 Å². The lowest BCUT2D eigenvalue weighted by molar-refractivity contribution is -0.123. The standard InChI is InChI=1S/C10H21NO/c1-7(2)10(9(5)12)11(6)8(3)4/h7-8,10H,1-6H3/t10-/m0/s1. The smallest absolute Gasteiger partial charge is 0.147 e. The monoisotopic (exact) mass is 171 g/mol. The van der Waals surface area contributed by atoms with Gasteiger partial charge < -0.3 is 0 Å². The molecule has 0 amide bonds. The van der Waals surface area contributed by atoms with Crippen molar-refractivity contribution in [3.05, 3.63) is 0 Å². The Morgan fingerprint density at radius 3 is 1.67 bits per heavy atom. The molecule has 0 aliphatic carbocycles. The SMILES string of the molecule is CC(=O)[C@H](C(C)C)N(C)C(C)C. The molecule has 0 spiro atoms. The first kappa shape index (κ1) is 11.6. The molecule has 0 rings (SSSR count). The molecule has 0 aromatic rings. The molecule has 0 heterocycles. The van der Waals surface area contributed by atoms with Crippen LogP contribution in [-0.2, 0) is 4.79 Å². The molecule has 0 bridgehead atoms. The van der Waals surface area contributed by atoms with Crippen LogP contribution in [0.2, 0.25) is 0 Å². The fraction of sp³-hybridized carbons (Fsp3) is 0.900. The van der Waals surface area contributed by atoms with Gasteiger partial charge in [0, 0.05) is 6.04 Å². The van der Waals surface area contributed by atoms with Crippen LogP contribution in [0.1, 0.15) is 34.6 Å². The van der Waals surface area contributed by atoms with E-state index in [1.165, 1.54) is 0 Å². The van der Waals surface area contributed by atoms with Crippen LogP contribution in [0.5, 0.6) is 0 Å². The normalized spacial score (nSPS) is 14.4. The van der Waals surface area contributed by atoms with Gasteiger partial charge in [0.15, 0.2) is 0 Å². The quantitative estimate of drug-likeness (QED) is 0.644. The Kier molecular flexibility index (Phi) is 4.46. The van der Waals surface area contributed by atoms with E-state index in [0.717, 1.165) is 0 Å². The van der Waals surface area contributed by atoms with Gasteiger partial charge in [0.05, 0.1) is 6.04 Å². The minimum Gasteiger partial charge on any atom is -0.298 e. The predicted molar refractivity (Wildman–Crippen MR) is 52.2 cm³/mol. The molecule has 0 fully saturated rings. The van der Waals surface area contributed by atoms with Crippen molar-refractivity contribution in [2.45, 2.75) is 46.7 Å². The van der Waals surface area contributed by atoms with Crippen LogP contribution in [0.25, 0.3) is 0 Å². The highest BCUT2D eigenvalue weighted by Gasteiger charge is 2.24. The van der Waals surface area contributed by atoms with Crippen LogP contribution in [0, 0.1) is 5.92 Å². The van der Waals surface area contributed by atoms with Gasteiger partial charge in [-0.15, -0.1) is 0 Å². The van der Waals surface area contributed by atoms with Gasteiger partial charge in [-0.3, -0.25) is 9.69 Å². The minimum absolute atomic E-state index is 0.0741. The predicted octanol–water partition coefficient (Wildman–Crippen LogP) is 1.94. The third-order valence-corrected chi connectivity index (χ3v) is 2.30. The van der Waals surface area contributed by atoms with Crippen LogP contribution < -0.4 is 0 Å². The second-order valence-electron chi connectivity index (χ2n) is 4.06. The molecule has 0 aliphatic rings. The van der Waals surface area contributed by atoms with Crippen molar-refractivity contribution in [3.63, 3.8) is 0 Å². The summed E-state index contributed by atoms with van der Waals surface area (Å²) in [7, 11) is 2.01. The maximum atomic E-state index is 11.3. The summed E-state index contributed by atoms with van der Waals surface area (Å²) in [5.74, 6) is 0.663.